The summed E-state index contributed by atoms with van der Waals surface area (Å²) in [7, 11) is -1.30. The fourth-order valence-corrected chi connectivity index (χ4v) is 7.61. The quantitative estimate of drug-likeness (QED) is 0.148. The molecule has 1 fully saturated rings. The molecule has 9 heteroatoms. The summed E-state index contributed by atoms with van der Waals surface area (Å²) in [5, 5.41) is -0.202. The van der Waals surface area contributed by atoms with Gasteiger partial charge in [0.1, 0.15) is 12.2 Å². The molecule has 242 valence electrons. The van der Waals surface area contributed by atoms with Crippen molar-refractivity contribution < 1.29 is 37.7 Å². The van der Waals surface area contributed by atoms with Gasteiger partial charge in [0, 0.05) is 0 Å². The van der Waals surface area contributed by atoms with Gasteiger partial charge in [-0.3, -0.25) is 0 Å². The van der Waals surface area contributed by atoms with Gasteiger partial charge >= 0.3 is 11.9 Å². The van der Waals surface area contributed by atoms with E-state index in [0.29, 0.717) is 5.56 Å². The first-order chi connectivity index (χ1) is 21.4. The molecule has 0 aliphatic carbocycles. The molecule has 1 saturated heterocycles. The maximum atomic E-state index is 13.6. The summed E-state index contributed by atoms with van der Waals surface area (Å²) in [6.45, 7) is 13.2. The molecule has 0 aromatic heterocycles. The van der Waals surface area contributed by atoms with Crippen molar-refractivity contribution in [2.45, 2.75) is 89.7 Å². The van der Waals surface area contributed by atoms with Gasteiger partial charge in [0.25, 0.3) is 0 Å². The summed E-state index contributed by atoms with van der Waals surface area (Å²) < 4.78 is 37.7. The number of esters is 2. The predicted molar refractivity (Wildman–Crippen MR) is 174 cm³/mol. The molecule has 0 amide bonds. The largest absolute Gasteiger partial charge is 0.467 e. The van der Waals surface area contributed by atoms with Gasteiger partial charge < -0.3 is 28.1 Å². The molecule has 5 atom stereocenters. The number of methoxy groups -OCH3 is 1. The number of carbonyl (C=O) groups is 2. The molecule has 0 saturated carbocycles. The highest BCUT2D eigenvalue weighted by molar-refractivity contribution is 6.74. The van der Waals surface area contributed by atoms with Crippen LogP contribution in [0.25, 0.3) is 0 Å². The van der Waals surface area contributed by atoms with Crippen molar-refractivity contribution in [1.82, 2.24) is 0 Å². The molecule has 8 nitrogen and oxygen atoms in total. The Bertz CT molecular complexity index is 1360. The highest BCUT2D eigenvalue weighted by Crippen LogP contribution is 2.46. The smallest absolute Gasteiger partial charge is 0.338 e. The zero-order chi connectivity index (χ0) is 32.6. The van der Waals surface area contributed by atoms with Crippen molar-refractivity contribution >= 4 is 20.3 Å². The Balaban J connectivity index is 1.78. The van der Waals surface area contributed by atoms with E-state index in [1.54, 1.807) is 24.3 Å². The van der Waals surface area contributed by atoms with Crippen molar-refractivity contribution in [2.24, 2.45) is 5.92 Å². The Labute approximate surface area is 268 Å². The average molecular weight is 635 g/mol. The normalized spacial score (nSPS) is 22.2. The van der Waals surface area contributed by atoms with Gasteiger partial charge in [-0.15, -0.1) is 0 Å². The zero-order valence-corrected chi connectivity index (χ0v) is 28.3. The monoisotopic (exact) mass is 634 g/mol. The Morgan fingerprint density at radius 1 is 0.778 bits per heavy atom. The van der Waals surface area contributed by atoms with E-state index < -0.39 is 51.0 Å². The van der Waals surface area contributed by atoms with Crippen molar-refractivity contribution in [2.75, 3.05) is 7.11 Å². The molecule has 0 radical (unpaired) electrons. The van der Waals surface area contributed by atoms with Crippen molar-refractivity contribution in [3.63, 3.8) is 0 Å². The SMILES string of the molecule is COC(=O)[C@@H]1O[C@H](O[Si](C)(C)C(C)(C)C(C)C)[C@H](OC(=O)c2ccccc2)[C@@H](OCc2ccccc2)[C@@H]1OCc1ccccc1. The lowest BCUT2D eigenvalue weighted by Gasteiger charge is -2.49. The van der Waals surface area contributed by atoms with E-state index in [0.717, 1.165) is 11.1 Å². The van der Waals surface area contributed by atoms with Gasteiger partial charge in [-0.25, -0.2) is 9.59 Å². The minimum atomic E-state index is -2.60. The van der Waals surface area contributed by atoms with E-state index in [1.165, 1.54) is 7.11 Å². The molecule has 45 heavy (non-hydrogen) atoms. The first-order valence-electron chi connectivity index (χ1n) is 15.4. The van der Waals surface area contributed by atoms with Crippen LogP contribution in [0.3, 0.4) is 0 Å². The maximum absolute atomic E-state index is 13.6. The molecule has 1 heterocycles. The molecule has 3 aromatic carbocycles. The number of carbonyl (C=O) groups excluding carboxylic acids is 2. The second-order valence-electron chi connectivity index (χ2n) is 12.7. The van der Waals surface area contributed by atoms with E-state index in [1.807, 2.05) is 66.7 Å². The van der Waals surface area contributed by atoms with E-state index in [4.69, 9.17) is 28.1 Å². The third kappa shape index (κ3) is 8.48. The number of hydrogen-bond acceptors (Lipinski definition) is 8. The van der Waals surface area contributed by atoms with E-state index in [9.17, 15) is 9.59 Å². The van der Waals surface area contributed by atoms with Crippen molar-refractivity contribution in [3.8, 4) is 0 Å². The lowest BCUT2D eigenvalue weighted by Crippen LogP contribution is -2.65. The maximum Gasteiger partial charge on any atom is 0.338 e. The molecule has 1 aliphatic heterocycles. The van der Waals surface area contributed by atoms with Gasteiger partial charge in [0.2, 0.25) is 0 Å². The Hall–Kier alpha value is -3.34. The van der Waals surface area contributed by atoms with E-state index >= 15 is 0 Å². The van der Waals surface area contributed by atoms with Crippen LogP contribution in [-0.2, 0) is 46.1 Å². The third-order valence-electron chi connectivity index (χ3n) is 9.16. The average Bonchev–Trinajstić information content (AvgIpc) is 3.04. The molecule has 0 bridgehead atoms. The van der Waals surface area contributed by atoms with Crippen molar-refractivity contribution in [1.29, 1.82) is 0 Å². The molecule has 4 rings (SSSR count). The molecule has 0 spiro atoms. The summed E-state index contributed by atoms with van der Waals surface area (Å²) in [6, 6.07) is 28.0. The van der Waals surface area contributed by atoms with E-state index in [-0.39, 0.29) is 24.2 Å². The van der Waals surface area contributed by atoms with Gasteiger partial charge in [-0.2, -0.15) is 0 Å². The van der Waals surface area contributed by atoms with Gasteiger partial charge in [-0.05, 0) is 47.3 Å². The van der Waals surface area contributed by atoms with Crippen LogP contribution in [0.1, 0.15) is 49.2 Å². The molecular weight excluding hydrogens is 588 g/mol. The second-order valence-corrected chi connectivity index (χ2v) is 17.3. The number of ether oxygens (including phenoxy) is 5. The molecule has 3 aromatic rings. The van der Waals surface area contributed by atoms with Crippen molar-refractivity contribution in [3.05, 3.63) is 108 Å². The first kappa shape index (κ1) is 34.5. The summed E-state index contributed by atoms with van der Waals surface area (Å²) in [5.41, 5.74) is 2.17. The standard InChI is InChI=1S/C36H46O8Si/c1-25(2)36(3,4)45(6,7)44-35-32(42-33(37)28-21-15-10-16-22-28)30(41-24-27-19-13-9-14-20-27)29(31(43-35)34(38)39-5)40-23-26-17-11-8-12-18-26/h8-22,25,29-32,35H,23-24H2,1-7H3/t29-,30-,31+,32+,35+/m0/s1. The lowest BCUT2D eigenvalue weighted by molar-refractivity contribution is -0.292. The highest BCUT2D eigenvalue weighted by Gasteiger charge is 2.56. The van der Waals surface area contributed by atoms with Crippen LogP contribution in [0.5, 0.6) is 0 Å². The zero-order valence-electron chi connectivity index (χ0n) is 27.3. The summed E-state index contributed by atoms with van der Waals surface area (Å²) in [4.78, 5) is 26.9. The number of rotatable bonds is 13. The molecule has 0 N–H and O–H groups in total. The fourth-order valence-electron chi connectivity index (χ4n) is 5.15. The van der Waals surface area contributed by atoms with Crippen LogP contribution in [0.15, 0.2) is 91.0 Å². The van der Waals surface area contributed by atoms with Gasteiger partial charge in [0.05, 0.1) is 25.9 Å². The summed E-state index contributed by atoms with van der Waals surface area (Å²) in [6.07, 6.45) is -5.34. The fraction of sp³-hybridized carbons (Fsp3) is 0.444. The third-order valence-corrected chi connectivity index (χ3v) is 13.7. The van der Waals surface area contributed by atoms with Crippen LogP contribution in [0.2, 0.25) is 18.1 Å². The number of benzene rings is 3. The Kier molecular flexibility index (Phi) is 11.7. The predicted octanol–water partition coefficient (Wildman–Crippen LogP) is 6.94. The van der Waals surface area contributed by atoms with E-state index in [2.05, 4.69) is 40.8 Å². The Morgan fingerprint density at radius 2 is 1.27 bits per heavy atom. The second kappa shape index (κ2) is 15.3. The lowest BCUT2D eigenvalue weighted by atomic mass is 9.97. The van der Waals surface area contributed by atoms with Crippen LogP contribution in [0, 0.1) is 5.92 Å². The van der Waals surface area contributed by atoms with Crippen LogP contribution in [0.4, 0.5) is 0 Å². The van der Waals surface area contributed by atoms with Crippen LogP contribution < -0.4 is 0 Å². The first-order valence-corrected chi connectivity index (χ1v) is 18.3. The minimum Gasteiger partial charge on any atom is -0.467 e. The van der Waals surface area contributed by atoms with Crippen LogP contribution >= 0.6 is 0 Å². The van der Waals surface area contributed by atoms with Gasteiger partial charge in [0.15, 0.2) is 26.8 Å². The topological polar surface area (TPSA) is 89.5 Å². The number of hydrogen-bond donors (Lipinski definition) is 0. The summed E-state index contributed by atoms with van der Waals surface area (Å²) >= 11 is 0. The molecular formula is C36H46O8Si. The highest BCUT2D eigenvalue weighted by atomic mass is 28.4. The molecule has 0 unspecified atom stereocenters. The minimum absolute atomic E-state index is 0.166. The molecule has 1 aliphatic rings. The summed E-state index contributed by atoms with van der Waals surface area (Å²) in [5.74, 6) is -0.908. The Morgan fingerprint density at radius 3 is 1.76 bits per heavy atom. The van der Waals surface area contributed by atoms with Gasteiger partial charge in [-0.1, -0.05) is 107 Å². The van der Waals surface area contributed by atoms with Crippen LogP contribution in [-0.4, -0.2) is 58.1 Å².